The second-order valence-electron chi connectivity index (χ2n) is 11.1. The van der Waals surface area contributed by atoms with E-state index in [1.165, 1.54) is 7.05 Å². The molecule has 202 valence electrons. The molecule has 2 saturated carbocycles. The number of Topliss-reactive ketones (excluding diaryl/α,β-unsaturated/α-hetero) is 1. The fraction of sp³-hybridized carbons (Fsp3) is 0.571. The molecule has 9 heteroatoms. The number of sulfonamides is 1. The third-order valence-electron chi connectivity index (χ3n) is 7.50. The van der Waals surface area contributed by atoms with Crippen molar-refractivity contribution in [2.75, 3.05) is 36.0 Å². The highest BCUT2D eigenvalue weighted by Crippen LogP contribution is 2.37. The number of allylic oxidation sites excluding steroid dienone is 3. The van der Waals surface area contributed by atoms with Gasteiger partial charge in [0.05, 0.1) is 24.5 Å². The average Bonchev–Trinajstić information content (AvgIpc) is 3.77. The molecule has 0 radical (unpaired) electrons. The van der Waals surface area contributed by atoms with Crippen molar-refractivity contribution in [2.24, 2.45) is 17.8 Å². The second-order valence-corrected chi connectivity index (χ2v) is 13.1. The topological polar surface area (TPSA) is 108 Å². The minimum atomic E-state index is -3.52. The molecule has 4 unspecified atom stereocenters. The molecular formula is C28H40N4O4S. The quantitative estimate of drug-likeness (QED) is 0.362. The molecule has 0 heterocycles. The van der Waals surface area contributed by atoms with Crippen LogP contribution in [0.1, 0.15) is 56.3 Å². The summed E-state index contributed by atoms with van der Waals surface area (Å²) >= 11 is 0. The molecule has 4 rings (SSSR count). The van der Waals surface area contributed by atoms with Crippen LogP contribution in [-0.4, -0.2) is 58.6 Å². The van der Waals surface area contributed by atoms with E-state index >= 15 is 0 Å². The van der Waals surface area contributed by atoms with Crippen LogP contribution >= 0.6 is 0 Å². The molecule has 0 aromatic heterocycles. The van der Waals surface area contributed by atoms with Crippen molar-refractivity contribution in [2.45, 2.75) is 58.0 Å². The lowest BCUT2D eigenvalue weighted by molar-refractivity contribution is -0.120. The summed E-state index contributed by atoms with van der Waals surface area (Å²) in [5.41, 5.74) is 2.43. The van der Waals surface area contributed by atoms with Crippen LogP contribution in [0, 0.1) is 17.8 Å². The molecule has 2 fully saturated rings. The molecule has 0 aliphatic heterocycles. The van der Waals surface area contributed by atoms with Gasteiger partial charge in [-0.2, -0.15) is 0 Å². The minimum Gasteiger partial charge on any atom is -0.385 e. The molecule has 0 spiro atoms. The Morgan fingerprint density at radius 2 is 1.89 bits per heavy atom. The molecule has 3 aliphatic rings. The van der Waals surface area contributed by atoms with Gasteiger partial charge in [-0.3, -0.25) is 13.9 Å². The van der Waals surface area contributed by atoms with Gasteiger partial charge < -0.3 is 16.0 Å². The first-order valence-electron chi connectivity index (χ1n) is 13.3. The monoisotopic (exact) mass is 528 g/mol. The van der Waals surface area contributed by atoms with Gasteiger partial charge in [-0.05, 0) is 73.6 Å². The number of hydrogen-bond donors (Lipinski definition) is 3. The van der Waals surface area contributed by atoms with E-state index in [4.69, 9.17) is 0 Å². The van der Waals surface area contributed by atoms with Gasteiger partial charge in [0.25, 0.3) is 5.91 Å². The summed E-state index contributed by atoms with van der Waals surface area (Å²) < 4.78 is 25.6. The van der Waals surface area contributed by atoms with Crippen LogP contribution in [0.2, 0.25) is 0 Å². The van der Waals surface area contributed by atoms with Crippen LogP contribution in [0.25, 0.3) is 0 Å². The van der Waals surface area contributed by atoms with E-state index in [2.05, 4.69) is 41.9 Å². The summed E-state index contributed by atoms with van der Waals surface area (Å²) in [4.78, 5) is 26.6. The van der Waals surface area contributed by atoms with Gasteiger partial charge in [0.2, 0.25) is 10.0 Å². The van der Waals surface area contributed by atoms with E-state index in [9.17, 15) is 18.0 Å². The van der Waals surface area contributed by atoms with Gasteiger partial charge in [0.1, 0.15) is 0 Å². The predicted octanol–water partition coefficient (Wildman–Crippen LogP) is 3.48. The van der Waals surface area contributed by atoms with Gasteiger partial charge >= 0.3 is 0 Å². The number of benzene rings is 1. The maximum atomic E-state index is 13.5. The van der Waals surface area contributed by atoms with Crippen molar-refractivity contribution in [1.29, 1.82) is 0 Å². The molecule has 1 aromatic rings. The largest absolute Gasteiger partial charge is 0.385 e. The van der Waals surface area contributed by atoms with Crippen LogP contribution in [0.3, 0.4) is 0 Å². The number of anilines is 2. The number of nitrogens with zero attached hydrogens (tertiary/aromatic N) is 1. The highest BCUT2D eigenvalue weighted by atomic mass is 32.2. The lowest BCUT2D eigenvalue weighted by atomic mass is 9.92. The van der Waals surface area contributed by atoms with E-state index in [0.717, 1.165) is 48.4 Å². The lowest BCUT2D eigenvalue weighted by Crippen LogP contribution is -2.45. The van der Waals surface area contributed by atoms with Gasteiger partial charge in [0.15, 0.2) is 5.78 Å². The number of nitrogens with one attached hydrogen (secondary N) is 3. The van der Waals surface area contributed by atoms with Gasteiger partial charge in [-0.1, -0.05) is 32.1 Å². The molecule has 1 amide bonds. The van der Waals surface area contributed by atoms with Crippen molar-refractivity contribution in [3.05, 3.63) is 47.6 Å². The van der Waals surface area contributed by atoms with Crippen LogP contribution in [0.4, 0.5) is 11.4 Å². The normalized spacial score (nSPS) is 23.7. The molecule has 37 heavy (non-hydrogen) atoms. The van der Waals surface area contributed by atoms with Crippen molar-refractivity contribution in [1.82, 2.24) is 10.6 Å². The van der Waals surface area contributed by atoms with E-state index < -0.39 is 22.0 Å². The van der Waals surface area contributed by atoms with Crippen LogP contribution < -0.4 is 20.3 Å². The smallest absolute Gasteiger partial charge is 0.252 e. The summed E-state index contributed by atoms with van der Waals surface area (Å²) in [5, 5.41) is 9.59. The highest BCUT2D eigenvalue weighted by Gasteiger charge is 2.32. The summed E-state index contributed by atoms with van der Waals surface area (Å²) in [6, 6.07) is 4.74. The third kappa shape index (κ3) is 7.92. The summed E-state index contributed by atoms with van der Waals surface area (Å²) in [6.45, 7) is 5.31. The van der Waals surface area contributed by atoms with Crippen molar-refractivity contribution < 1.29 is 18.0 Å². The first-order chi connectivity index (χ1) is 17.5. The Kier molecular flexibility index (Phi) is 8.43. The summed E-state index contributed by atoms with van der Waals surface area (Å²) in [5.74, 6) is 1.18. The van der Waals surface area contributed by atoms with Gasteiger partial charge in [-0.25, -0.2) is 8.42 Å². The SMILES string of the molecule is CC1C=C(CC(NC(=O)c2cc(NCC3CC3C)cc(N(C)S(C)(=O)=O)c2)C(=O)CNC2CC2)C=CC1. The molecule has 4 atom stereocenters. The van der Waals surface area contributed by atoms with Crippen LogP contribution in [-0.2, 0) is 14.8 Å². The Hall–Kier alpha value is -2.65. The molecule has 3 aliphatic carbocycles. The minimum absolute atomic E-state index is 0.0572. The Labute approximate surface area is 221 Å². The molecule has 0 bridgehead atoms. The fourth-order valence-corrected chi connectivity index (χ4v) is 5.08. The number of carbonyl (C=O) groups is 2. The molecule has 8 nitrogen and oxygen atoms in total. The fourth-order valence-electron chi connectivity index (χ4n) is 4.59. The van der Waals surface area contributed by atoms with Gasteiger partial charge in [-0.15, -0.1) is 0 Å². The Morgan fingerprint density at radius 1 is 1.16 bits per heavy atom. The van der Waals surface area contributed by atoms with Crippen LogP contribution in [0.5, 0.6) is 0 Å². The summed E-state index contributed by atoms with van der Waals surface area (Å²) in [6.07, 6.45) is 12.1. The maximum absolute atomic E-state index is 13.5. The zero-order valence-corrected chi connectivity index (χ0v) is 23.1. The molecule has 3 N–H and O–H groups in total. The summed E-state index contributed by atoms with van der Waals surface area (Å²) in [7, 11) is -2.05. The standard InChI is InChI=1S/C28H40N4O4S/c1-18-6-5-7-20(10-18)12-26(27(33)17-30-23-8-9-23)31-28(34)21-13-24(29-16-22-11-19(22)2)15-25(14-21)32(3)37(4,35)36/h5,7,10,13-15,18-19,22-23,26,29-30H,6,8-9,11-12,16-17H2,1-4H3,(H,31,34). The van der Waals surface area contributed by atoms with E-state index in [1.54, 1.807) is 18.2 Å². The Bertz CT molecular complexity index is 1190. The molecule has 0 saturated heterocycles. The van der Waals surface area contributed by atoms with Crippen molar-refractivity contribution in [3.8, 4) is 0 Å². The number of ketones is 1. The van der Waals surface area contributed by atoms with E-state index in [0.29, 0.717) is 47.2 Å². The average molecular weight is 529 g/mol. The predicted molar refractivity (Wildman–Crippen MR) is 148 cm³/mol. The molecular weight excluding hydrogens is 488 g/mol. The molecule has 1 aromatic carbocycles. The first-order valence-corrected chi connectivity index (χ1v) is 15.1. The number of rotatable bonds is 13. The highest BCUT2D eigenvalue weighted by molar-refractivity contribution is 7.92. The zero-order valence-electron chi connectivity index (χ0n) is 22.3. The van der Waals surface area contributed by atoms with Crippen molar-refractivity contribution in [3.63, 3.8) is 0 Å². The van der Waals surface area contributed by atoms with Gasteiger partial charge in [0, 0.05) is 30.9 Å². The zero-order chi connectivity index (χ0) is 26.7. The number of hydrogen-bond acceptors (Lipinski definition) is 6. The number of carbonyl (C=O) groups excluding carboxylic acids is 2. The van der Waals surface area contributed by atoms with Crippen molar-refractivity contribution >= 4 is 33.1 Å². The third-order valence-corrected chi connectivity index (χ3v) is 8.71. The maximum Gasteiger partial charge on any atom is 0.252 e. The lowest BCUT2D eigenvalue weighted by Gasteiger charge is -2.22. The Morgan fingerprint density at radius 3 is 2.51 bits per heavy atom. The Balaban J connectivity index is 1.55. The number of amides is 1. The first kappa shape index (κ1) is 27.4. The van der Waals surface area contributed by atoms with Crippen LogP contribution in [0.15, 0.2) is 42.0 Å². The second kappa shape index (κ2) is 11.4. The van der Waals surface area contributed by atoms with E-state index in [-0.39, 0.29) is 12.3 Å². The van der Waals surface area contributed by atoms with E-state index in [1.807, 2.05) is 6.08 Å².